The Kier molecular flexibility index (Phi) is 6.07. The fraction of sp³-hybridized carbons (Fsp3) is 0.273. The van der Waals surface area contributed by atoms with Gasteiger partial charge in [-0.2, -0.15) is 0 Å². The lowest BCUT2D eigenvalue weighted by molar-refractivity contribution is 0.554. The van der Waals surface area contributed by atoms with Crippen LogP contribution >= 0.6 is 11.8 Å². The summed E-state index contributed by atoms with van der Waals surface area (Å²) in [7, 11) is 0. The summed E-state index contributed by atoms with van der Waals surface area (Å²) >= 11 is 1.28. The molecule has 0 spiro atoms. The molecular weight excluding hydrogens is 394 g/mol. The highest BCUT2D eigenvalue weighted by atomic mass is 32.2. The Balaban J connectivity index is 2.21. The van der Waals surface area contributed by atoms with Crippen molar-refractivity contribution in [2.24, 2.45) is 0 Å². The minimum Gasteiger partial charge on any atom is -0.283 e. The van der Waals surface area contributed by atoms with Crippen molar-refractivity contribution in [3.8, 4) is 0 Å². The van der Waals surface area contributed by atoms with E-state index in [9.17, 15) is 18.4 Å². The predicted octanol–water partition coefficient (Wildman–Crippen LogP) is 4.75. The Labute approximate surface area is 171 Å². The number of aryl methyl sites for hydroxylation is 2. The van der Waals surface area contributed by atoms with Gasteiger partial charge in [-0.25, -0.2) is 13.6 Å². The molecule has 1 aromatic heterocycles. The summed E-state index contributed by atoms with van der Waals surface area (Å²) in [6.45, 7) is 7.45. The van der Waals surface area contributed by atoms with E-state index in [0.29, 0.717) is 10.6 Å². The Morgan fingerprint density at radius 1 is 1.03 bits per heavy atom. The van der Waals surface area contributed by atoms with E-state index in [0.717, 1.165) is 34.2 Å². The Bertz CT molecular complexity index is 1160. The molecule has 0 aliphatic rings. The summed E-state index contributed by atoms with van der Waals surface area (Å²) in [5.74, 6) is -1.37. The number of aromatic nitrogens is 2. The first-order valence-electron chi connectivity index (χ1n) is 9.22. The SMILES string of the molecule is Cc1cc(C)cc(Sc2c(C(C)C)c(=O)[nH]c(=O)n2Cc2cc(F)ccc2F)c1. The average Bonchev–Trinajstić information content (AvgIpc) is 2.59. The van der Waals surface area contributed by atoms with Crippen LogP contribution in [0.3, 0.4) is 0 Å². The van der Waals surface area contributed by atoms with E-state index in [1.807, 2.05) is 45.9 Å². The van der Waals surface area contributed by atoms with E-state index in [1.54, 1.807) is 0 Å². The second-order valence-electron chi connectivity index (χ2n) is 7.38. The highest BCUT2D eigenvalue weighted by Crippen LogP contribution is 2.33. The molecule has 3 aromatic rings. The molecule has 0 saturated heterocycles. The largest absolute Gasteiger partial charge is 0.329 e. The minimum atomic E-state index is -0.657. The maximum absolute atomic E-state index is 14.2. The predicted molar refractivity (Wildman–Crippen MR) is 111 cm³/mol. The van der Waals surface area contributed by atoms with Crippen molar-refractivity contribution in [2.45, 2.75) is 50.1 Å². The molecular formula is C22H22F2N2O2S. The zero-order valence-electron chi connectivity index (χ0n) is 16.7. The number of hydrogen-bond acceptors (Lipinski definition) is 3. The maximum atomic E-state index is 14.2. The number of nitrogens with zero attached hydrogens (tertiary/aromatic N) is 1. The molecule has 7 heteroatoms. The third-order valence-electron chi connectivity index (χ3n) is 4.51. The molecule has 0 aliphatic carbocycles. The molecule has 152 valence electrons. The molecule has 0 atom stereocenters. The van der Waals surface area contributed by atoms with Gasteiger partial charge >= 0.3 is 5.69 Å². The van der Waals surface area contributed by atoms with Gasteiger partial charge in [0.25, 0.3) is 5.56 Å². The van der Waals surface area contributed by atoms with Gasteiger partial charge in [-0.1, -0.05) is 31.7 Å². The molecule has 0 saturated carbocycles. The second-order valence-corrected chi connectivity index (χ2v) is 8.44. The van der Waals surface area contributed by atoms with Gasteiger partial charge in [0, 0.05) is 10.5 Å². The molecule has 0 unspecified atom stereocenters. The van der Waals surface area contributed by atoms with Crippen molar-refractivity contribution >= 4 is 11.8 Å². The number of halogens is 2. The summed E-state index contributed by atoms with van der Waals surface area (Å²) in [5, 5.41) is 0.433. The van der Waals surface area contributed by atoms with Gasteiger partial charge in [-0.3, -0.25) is 14.3 Å². The van der Waals surface area contributed by atoms with E-state index < -0.39 is 22.9 Å². The topological polar surface area (TPSA) is 54.9 Å². The van der Waals surface area contributed by atoms with Gasteiger partial charge in [0.05, 0.1) is 17.1 Å². The van der Waals surface area contributed by atoms with Crippen molar-refractivity contribution < 1.29 is 8.78 Å². The first kappa shape index (κ1) is 21.0. The molecule has 3 rings (SSSR count). The van der Waals surface area contributed by atoms with E-state index in [4.69, 9.17) is 0 Å². The van der Waals surface area contributed by atoms with Crippen LogP contribution in [0, 0.1) is 25.5 Å². The normalized spacial score (nSPS) is 11.3. The van der Waals surface area contributed by atoms with Crippen LogP contribution < -0.4 is 11.2 Å². The van der Waals surface area contributed by atoms with Gasteiger partial charge in [-0.15, -0.1) is 0 Å². The third-order valence-corrected chi connectivity index (χ3v) is 5.61. The lowest BCUT2D eigenvalue weighted by atomic mass is 10.1. The first-order valence-corrected chi connectivity index (χ1v) is 10.0. The smallest absolute Gasteiger partial charge is 0.283 e. The van der Waals surface area contributed by atoms with Crippen molar-refractivity contribution in [1.29, 1.82) is 0 Å². The summed E-state index contributed by atoms with van der Waals surface area (Å²) in [4.78, 5) is 28.4. The van der Waals surface area contributed by atoms with Crippen molar-refractivity contribution in [2.75, 3.05) is 0 Å². The Hall–Kier alpha value is -2.67. The molecule has 1 heterocycles. The molecule has 0 radical (unpaired) electrons. The van der Waals surface area contributed by atoms with Crippen LogP contribution in [0.25, 0.3) is 0 Å². The standard InChI is InChI=1S/C22H22F2N2O2S/c1-12(2)19-20(27)25-22(28)26(11-15-10-16(23)5-6-18(15)24)21(19)29-17-8-13(3)7-14(4)9-17/h5-10,12H,11H2,1-4H3,(H,25,27,28). The lowest BCUT2D eigenvalue weighted by Crippen LogP contribution is -2.35. The number of hydrogen-bond donors (Lipinski definition) is 1. The molecule has 2 aromatic carbocycles. The van der Waals surface area contributed by atoms with Crippen LogP contribution in [0.1, 0.15) is 42.0 Å². The fourth-order valence-corrected chi connectivity index (χ4v) is 4.68. The zero-order valence-corrected chi connectivity index (χ0v) is 17.5. The molecule has 29 heavy (non-hydrogen) atoms. The van der Waals surface area contributed by atoms with Crippen molar-refractivity contribution in [3.05, 3.63) is 91.1 Å². The fourth-order valence-electron chi connectivity index (χ4n) is 3.27. The van der Waals surface area contributed by atoms with Crippen LogP contribution in [-0.4, -0.2) is 9.55 Å². The van der Waals surface area contributed by atoms with Crippen LogP contribution in [0.5, 0.6) is 0 Å². The van der Waals surface area contributed by atoms with E-state index >= 15 is 0 Å². The Morgan fingerprint density at radius 3 is 2.31 bits per heavy atom. The highest BCUT2D eigenvalue weighted by molar-refractivity contribution is 7.99. The van der Waals surface area contributed by atoms with Gasteiger partial charge in [0.1, 0.15) is 11.6 Å². The number of benzene rings is 2. The van der Waals surface area contributed by atoms with E-state index in [1.165, 1.54) is 16.3 Å². The van der Waals surface area contributed by atoms with Gasteiger partial charge in [-0.05, 0) is 61.2 Å². The molecule has 0 bridgehead atoms. The number of H-pyrrole nitrogens is 1. The molecule has 4 nitrogen and oxygen atoms in total. The van der Waals surface area contributed by atoms with Crippen LogP contribution in [0.4, 0.5) is 8.78 Å². The summed E-state index contributed by atoms with van der Waals surface area (Å²) in [6.07, 6.45) is 0. The quantitative estimate of drug-likeness (QED) is 0.611. The average molecular weight is 416 g/mol. The molecule has 0 aliphatic heterocycles. The first-order chi connectivity index (χ1) is 13.7. The van der Waals surface area contributed by atoms with Crippen LogP contribution in [0.15, 0.2) is 55.9 Å². The minimum absolute atomic E-state index is 0.0381. The van der Waals surface area contributed by atoms with Gasteiger partial charge in [0.15, 0.2) is 0 Å². The number of rotatable bonds is 5. The Morgan fingerprint density at radius 2 is 1.69 bits per heavy atom. The number of aromatic amines is 1. The van der Waals surface area contributed by atoms with Crippen LogP contribution in [-0.2, 0) is 6.54 Å². The molecule has 0 amide bonds. The third kappa shape index (κ3) is 4.67. The summed E-state index contributed by atoms with van der Waals surface area (Å²) in [5.41, 5.74) is 1.45. The van der Waals surface area contributed by atoms with E-state index in [-0.39, 0.29) is 18.0 Å². The second kappa shape index (κ2) is 8.37. The molecule has 0 fully saturated rings. The highest BCUT2D eigenvalue weighted by Gasteiger charge is 2.20. The van der Waals surface area contributed by atoms with Crippen LogP contribution in [0.2, 0.25) is 0 Å². The van der Waals surface area contributed by atoms with E-state index in [2.05, 4.69) is 4.98 Å². The lowest BCUT2D eigenvalue weighted by Gasteiger charge is -2.18. The summed E-state index contributed by atoms with van der Waals surface area (Å²) < 4.78 is 29.2. The van der Waals surface area contributed by atoms with Gasteiger partial charge < -0.3 is 0 Å². The van der Waals surface area contributed by atoms with Crippen molar-refractivity contribution in [3.63, 3.8) is 0 Å². The zero-order chi connectivity index (χ0) is 21.3. The molecule has 1 N–H and O–H groups in total. The van der Waals surface area contributed by atoms with Crippen molar-refractivity contribution in [1.82, 2.24) is 9.55 Å². The summed E-state index contributed by atoms with van der Waals surface area (Å²) in [6, 6.07) is 9.06. The monoisotopic (exact) mass is 416 g/mol. The number of nitrogens with one attached hydrogen (secondary N) is 1. The maximum Gasteiger partial charge on any atom is 0.329 e. The van der Waals surface area contributed by atoms with Gasteiger partial charge in [0.2, 0.25) is 0 Å².